The number of benzene rings is 1. The number of halogens is 1. The lowest BCUT2D eigenvalue weighted by Gasteiger charge is -2.11. The molecule has 0 bridgehead atoms. The zero-order chi connectivity index (χ0) is 10.9. The van der Waals surface area contributed by atoms with Gasteiger partial charge in [-0.05, 0) is 31.0 Å². The van der Waals surface area contributed by atoms with Crippen LogP contribution in [0.2, 0.25) is 0 Å². The van der Waals surface area contributed by atoms with Gasteiger partial charge in [0.05, 0.1) is 11.1 Å². The van der Waals surface area contributed by atoms with Crippen molar-refractivity contribution in [2.24, 2.45) is 5.73 Å². The van der Waals surface area contributed by atoms with Gasteiger partial charge in [0.1, 0.15) is 24.2 Å². The molecule has 2 rings (SSSR count). The van der Waals surface area contributed by atoms with Gasteiger partial charge in [-0.15, -0.1) is 0 Å². The van der Waals surface area contributed by atoms with Crippen LogP contribution in [0.1, 0.15) is 18.4 Å². The van der Waals surface area contributed by atoms with Crippen LogP contribution in [0.4, 0.5) is 4.39 Å². The van der Waals surface area contributed by atoms with E-state index in [-0.39, 0.29) is 11.1 Å². The number of nitrogens with zero attached hydrogens (tertiary/aromatic N) is 1. The fourth-order valence-electron chi connectivity index (χ4n) is 1.24. The highest BCUT2D eigenvalue weighted by Gasteiger charge is 2.39. The lowest BCUT2D eigenvalue weighted by Crippen LogP contribution is -2.29. The molecule has 1 saturated carbocycles. The molecule has 1 aliphatic rings. The maximum Gasteiger partial charge on any atom is 0.137 e. The van der Waals surface area contributed by atoms with E-state index < -0.39 is 5.82 Å². The molecule has 0 unspecified atom stereocenters. The normalized spacial score (nSPS) is 16.9. The van der Waals surface area contributed by atoms with Crippen LogP contribution in [0, 0.1) is 17.1 Å². The monoisotopic (exact) mass is 206 g/mol. The Morgan fingerprint density at radius 2 is 2.27 bits per heavy atom. The Balaban J connectivity index is 2.10. The van der Waals surface area contributed by atoms with Crippen molar-refractivity contribution in [3.8, 4) is 11.8 Å². The highest BCUT2D eigenvalue weighted by Crippen LogP contribution is 2.33. The summed E-state index contributed by atoms with van der Waals surface area (Å²) in [5.74, 6) is -0.0385. The minimum Gasteiger partial charge on any atom is -0.490 e. The summed E-state index contributed by atoms with van der Waals surface area (Å²) in [4.78, 5) is 0. The van der Waals surface area contributed by atoms with E-state index in [0.29, 0.717) is 12.4 Å². The van der Waals surface area contributed by atoms with Gasteiger partial charge in [0, 0.05) is 0 Å². The second-order valence-electron chi connectivity index (χ2n) is 3.90. The van der Waals surface area contributed by atoms with Crippen LogP contribution in [-0.2, 0) is 0 Å². The fourth-order valence-corrected chi connectivity index (χ4v) is 1.24. The Bertz CT molecular complexity index is 421. The van der Waals surface area contributed by atoms with Crippen molar-refractivity contribution in [2.45, 2.75) is 18.4 Å². The lowest BCUT2D eigenvalue weighted by molar-refractivity contribution is 0.278. The number of hydrogen-bond donors (Lipinski definition) is 1. The number of nitrogens with two attached hydrogens (primary N) is 1. The maximum atomic E-state index is 12.8. The minimum atomic E-state index is -0.437. The smallest absolute Gasteiger partial charge is 0.137 e. The predicted molar refractivity (Wildman–Crippen MR) is 52.8 cm³/mol. The molecule has 1 fully saturated rings. The van der Waals surface area contributed by atoms with E-state index in [1.807, 2.05) is 6.07 Å². The molecule has 0 heterocycles. The molecule has 0 saturated heterocycles. The zero-order valence-corrected chi connectivity index (χ0v) is 8.16. The van der Waals surface area contributed by atoms with Crippen LogP contribution in [-0.4, -0.2) is 12.1 Å². The Hall–Kier alpha value is -1.60. The Kier molecular flexibility index (Phi) is 2.33. The van der Waals surface area contributed by atoms with Gasteiger partial charge in [-0.2, -0.15) is 5.26 Å². The van der Waals surface area contributed by atoms with E-state index in [2.05, 4.69) is 0 Å². The standard InChI is InChI=1S/C11H11FN2O/c12-9-1-2-10(8(5-9)6-13)15-7-11(14)3-4-11/h1-2,5H,3-4,7,14H2. The largest absolute Gasteiger partial charge is 0.490 e. The molecule has 0 radical (unpaired) electrons. The third-order valence-electron chi connectivity index (χ3n) is 2.47. The SMILES string of the molecule is N#Cc1cc(F)ccc1OCC1(N)CC1. The molecule has 1 aliphatic carbocycles. The van der Waals surface area contributed by atoms with E-state index in [9.17, 15) is 4.39 Å². The quantitative estimate of drug-likeness (QED) is 0.816. The second-order valence-corrected chi connectivity index (χ2v) is 3.90. The van der Waals surface area contributed by atoms with Crippen molar-refractivity contribution in [3.63, 3.8) is 0 Å². The zero-order valence-electron chi connectivity index (χ0n) is 8.16. The predicted octanol–water partition coefficient (Wildman–Crippen LogP) is 1.57. The van der Waals surface area contributed by atoms with Crippen molar-refractivity contribution in [1.29, 1.82) is 5.26 Å². The molecule has 0 aromatic heterocycles. The molecule has 0 spiro atoms. The molecule has 1 aromatic rings. The Morgan fingerprint density at radius 1 is 1.53 bits per heavy atom. The van der Waals surface area contributed by atoms with Gasteiger partial charge in [-0.1, -0.05) is 0 Å². The van der Waals surface area contributed by atoms with E-state index in [0.717, 1.165) is 18.9 Å². The molecule has 0 amide bonds. The van der Waals surface area contributed by atoms with Crippen molar-refractivity contribution in [3.05, 3.63) is 29.6 Å². The molecule has 4 heteroatoms. The topological polar surface area (TPSA) is 59.0 Å². The summed E-state index contributed by atoms with van der Waals surface area (Å²) in [7, 11) is 0. The third kappa shape index (κ3) is 2.25. The highest BCUT2D eigenvalue weighted by atomic mass is 19.1. The average molecular weight is 206 g/mol. The van der Waals surface area contributed by atoms with Crippen LogP contribution in [0.5, 0.6) is 5.75 Å². The van der Waals surface area contributed by atoms with Gasteiger partial charge >= 0.3 is 0 Å². The Morgan fingerprint density at radius 3 is 2.87 bits per heavy atom. The molecular formula is C11H11FN2O. The van der Waals surface area contributed by atoms with E-state index in [1.165, 1.54) is 12.1 Å². The van der Waals surface area contributed by atoms with Crippen LogP contribution in [0.15, 0.2) is 18.2 Å². The second kappa shape index (κ2) is 3.52. The molecule has 2 N–H and O–H groups in total. The fraction of sp³-hybridized carbons (Fsp3) is 0.364. The number of ether oxygens (including phenoxy) is 1. The van der Waals surface area contributed by atoms with Crippen LogP contribution in [0.25, 0.3) is 0 Å². The lowest BCUT2D eigenvalue weighted by atomic mass is 10.2. The summed E-state index contributed by atoms with van der Waals surface area (Å²) in [5, 5.41) is 8.76. The first-order chi connectivity index (χ1) is 7.13. The van der Waals surface area contributed by atoms with Gasteiger partial charge < -0.3 is 10.5 Å². The van der Waals surface area contributed by atoms with Crippen molar-refractivity contribution in [1.82, 2.24) is 0 Å². The summed E-state index contributed by atoms with van der Waals surface area (Å²) in [6, 6.07) is 5.77. The third-order valence-corrected chi connectivity index (χ3v) is 2.47. The van der Waals surface area contributed by atoms with Gasteiger partial charge in [0.15, 0.2) is 0 Å². The van der Waals surface area contributed by atoms with Gasteiger partial charge in [0.2, 0.25) is 0 Å². The summed E-state index contributed by atoms with van der Waals surface area (Å²) in [6.45, 7) is 0.382. The summed E-state index contributed by atoms with van der Waals surface area (Å²) in [5.41, 5.74) is 5.81. The van der Waals surface area contributed by atoms with E-state index >= 15 is 0 Å². The van der Waals surface area contributed by atoms with Crippen LogP contribution < -0.4 is 10.5 Å². The van der Waals surface area contributed by atoms with E-state index in [4.69, 9.17) is 15.7 Å². The Labute approximate surface area is 87.3 Å². The molecule has 1 aromatic carbocycles. The number of hydrogen-bond acceptors (Lipinski definition) is 3. The molecule has 15 heavy (non-hydrogen) atoms. The van der Waals surface area contributed by atoms with Gasteiger partial charge in [-0.3, -0.25) is 0 Å². The van der Waals surface area contributed by atoms with Crippen molar-refractivity contribution < 1.29 is 9.13 Å². The summed E-state index contributed by atoms with van der Waals surface area (Å²) in [6.07, 6.45) is 1.88. The van der Waals surface area contributed by atoms with Gasteiger partial charge in [-0.25, -0.2) is 4.39 Å². The number of nitriles is 1. The first kappa shape index (κ1) is 9.94. The highest BCUT2D eigenvalue weighted by molar-refractivity contribution is 5.43. The molecule has 0 atom stereocenters. The van der Waals surface area contributed by atoms with Crippen LogP contribution in [0.3, 0.4) is 0 Å². The van der Waals surface area contributed by atoms with Gasteiger partial charge in [0.25, 0.3) is 0 Å². The molecule has 0 aliphatic heterocycles. The first-order valence-electron chi connectivity index (χ1n) is 4.74. The van der Waals surface area contributed by atoms with E-state index in [1.54, 1.807) is 0 Å². The number of rotatable bonds is 3. The minimum absolute atomic E-state index is 0.208. The summed E-state index contributed by atoms with van der Waals surface area (Å²) >= 11 is 0. The van der Waals surface area contributed by atoms with Crippen molar-refractivity contribution in [2.75, 3.05) is 6.61 Å². The van der Waals surface area contributed by atoms with Crippen molar-refractivity contribution >= 4 is 0 Å². The maximum absolute atomic E-state index is 12.8. The van der Waals surface area contributed by atoms with Crippen LogP contribution >= 0.6 is 0 Å². The molecule has 78 valence electrons. The molecule has 3 nitrogen and oxygen atoms in total. The summed E-state index contributed by atoms with van der Waals surface area (Å²) < 4.78 is 18.2. The molecular weight excluding hydrogens is 195 g/mol. The average Bonchev–Trinajstić information content (AvgIpc) is 2.95. The first-order valence-corrected chi connectivity index (χ1v) is 4.74.